The molecule has 178 valence electrons. The minimum absolute atomic E-state index is 0.364. The van der Waals surface area contributed by atoms with Gasteiger partial charge in [-0.1, -0.05) is 42.5 Å². The molecule has 2 bridgehead atoms. The van der Waals surface area contributed by atoms with Gasteiger partial charge in [0.1, 0.15) is 5.82 Å². The smallest absolute Gasteiger partial charge is 0.123 e. The van der Waals surface area contributed by atoms with E-state index in [1.54, 1.807) is 17.5 Å². The van der Waals surface area contributed by atoms with Gasteiger partial charge in [0.2, 0.25) is 0 Å². The van der Waals surface area contributed by atoms with E-state index in [0.717, 1.165) is 35.5 Å². The Bertz CT molecular complexity index is 1590. The van der Waals surface area contributed by atoms with Crippen molar-refractivity contribution >= 4 is 11.0 Å². The Morgan fingerprint density at radius 1 is 0.750 bits per heavy atom. The third-order valence-electron chi connectivity index (χ3n) is 8.76. The fraction of sp³-hybridized carbons (Fsp3) is 0.290. The Balaban J connectivity index is 1.17. The van der Waals surface area contributed by atoms with Gasteiger partial charge in [-0.2, -0.15) is 0 Å². The van der Waals surface area contributed by atoms with Crippen LogP contribution in [0, 0.1) is 0 Å². The summed E-state index contributed by atoms with van der Waals surface area (Å²) >= 11 is 0. The van der Waals surface area contributed by atoms with E-state index in [9.17, 15) is 0 Å². The molecule has 5 heteroatoms. The quantitative estimate of drug-likeness (QED) is 0.262. The molecule has 3 heterocycles. The Morgan fingerprint density at radius 3 is 2.28 bits per heavy atom. The maximum absolute atomic E-state index is 4.66. The summed E-state index contributed by atoms with van der Waals surface area (Å²) in [5, 5.41) is 3.53. The van der Waals surface area contributed by atoms with Crippen LogP contribution in [-0.4, -0.2) is 26.5 Å². The van der Waals surface area contributed by atoms with E-state index in [1.165, 1.54) is 53.5 Å². The van der Waals surface area contributed by atoms with E-state index in [0.29, 0.717) is 17.9 Å². The van der Waals surface area contributed by atoms with Crippen molar-refractivity contribution in [1.82, 2.24) is 25.3 Å². The Labute approximate surface area is 210 Å². The van der Waals surface area contributed by atoms with Gasteiger partial charge in [0, 0.05) is 0 Å². The lowest BCUT2D eigenvalue weighted by Crippen LogP contribution is -2.14. The van der Waals surface area contributed by atoms with Crippen LogP contribution in [0.1, 0.15) is 66.9 Å². The highest BCUT2D eigenvalue weighted by atomic mass is 15.0. The summed E-state index contributed by atoms with van der Waals surface area (Å²) < 4.78 is 0. The zero-order valence-electron chi connectivity index (χ0n) is 20.2. The van der Waals surface area contributed by atoms with E-state index >= 15 is 0 Å². The molecule has 1 saturated heterocycles. The van der Waals surface area contributed by atoms with Gasteiger partial charge in [0.15, 0.2) is 0 Å². The van der Waals surface area contributed by atoms with Gasteiger partial charge in [-0.25, -0.2) is 9.97 Å². The second kappa shape index (κ2) is 7.90. The number of aromatic nitrogens is 4. The molecule has 1 saturated carbocycles. The fourth-order valence-corrected chi connectivity index (χ4v) is 7.04. The third kappa shape index (κ3) is 3.12. The Morgan fingerprint density at radius 2 is 1.50 bits per heavy atom. The molecular weight excluding hydrogens is 442 g/mol. The summed E-state index contributed by atoms with van der Waals surface area (Å²) in [7, 11) is 0. The molecular formula is C31H29N5. The molecule has 2 aromatic heterocycles. The summed E-state index contributed by atoms with van der Waals surface area (Å²) in [5.41, 5.74) is 13.0. The maximum Gasteiger partial charge on any atom is 0.123 e. The molecule has 3 N–H and O–H groups in total. The average Bonchev–Trinajstić information content (AvgIpc) is 3.76. The number of hydrogen-bond acceptors (Lipinski definition) is 3. The van der Waals surface area contributed by atoms with Gasteiger partial charge in [0.05, 0.1) is 35.3 Å². The summed E-state index contributed by atoms with van der Waals surface area (Å²) in [4.78, 5) is 15.9. The lowest BCUT2D eigenvalue weighted by atomic mass is 9.81. The zero-order valence-corrected chi connectivity index (χ0v) is 20.2. The van der Waals surface area contributed by atoms with E-state index in [1.807, 2.05) is 6.20 Å². The van der Waals surface area contributed by atoms with Crippen LogP contribution in [0.4, 0.5) is 0 Å². The number of hydrogen-bond donors (Lipinski definition) is 3. The number of fused-ring (bicyclic) bond motifs is 6. The van der Waals surface area contributed by atoms with Crippen LogP contribution in [-0.2, 0) is 0 Å². The number of H-pyrrole nitrogens is 2. The molecule has 36 heavy (non-hydrogen) atoms. The molecule has 0 spiro atoms. The van der Waals surface area contributed by atoms with Crippen LogP contribution < -0.4 is 5.32 Å². The van der Waals surface area contributed by atoms with Crippen LogP contribution in [0.2, 0.25) is 0 Å². The minimum atomic E-state index is 0.364. The largest absolute Gasteiger partial charge is 0.345 e. The number of nitrogens with one attached hydrogen (secondary N) is 3. The molecule has 3 unspecified atom stereocenters. The van der Waals surface area contributed by atoms with Crippen LogP contribution >= 0.6 is 0 Å². The van der Waals surface area contributed by atoms with Crippen molar-refractivity contribution in [1.29, 1.82) is 0 Å². The molecule has 5 nitrogen and oxygen atoms in total. The first-order chi connectivity index (χ1) is 17.8. The van der Waals surface area contributed by atoms with Gasteiger partial charge in [-0.05, 0) is 102 Å². The van der Waals surface area contributed by atoms with Crippen molar-refractivity contribution in [3.05, 3.63) is 84.1 Å². The fourth-order valence-electron chi connectivity index (χ4n) is 7.04. The van der Waals surface area contributed by atoms with Gasteiger partial charge in [-0.3, -0.25) is 0 Å². The summed E-state index contributed by atoms with van der Waals surface area (Å²) in [6.07, 6.45) is 10.1. The number of rotatable bonds is 4. The molecule has 3 atom stereocenters. The van der Waals surface area contributed by atoms with E-state index in [-0.39, 0.29) is 0 Å². The Kier molecular flexibility index (Phi) is 4.50. The lowest BCUT2D eigenvalue weighted by Gasteiger charge is -2.23. The van der Waals surface area contributed by atoms with Crippen LogP contribution in [0.5, 0.6) is 0 Å². The van der Waals surface area contributed by atoms with Crippen molar-refractivity contribution in [2.45, 2.75) is 50.0 Å². The molecule has 1 aliphatic heterocycles. The summed E-state index contributed by atoms with van der Waals surface area (Å²) in [6, 6.07) is 20.8. The average molecular weight is 472 g/mol. The second-order valence-electron chi connectivity index (χ2n) is 10.7. The number of nitrogens with zero attached hydrogens (tertiary/aromatic N) is 2. The maximum atomic E-state index is 4.66. The van der Waals surface area contributed by atoms with Crippen LogP contribution in [0.25, 0.3) is 44.5 Å². The monoisotopic (exact) mass is 471 g/mol. The van der Waals surface area contributed by atoms with Crippen molar-refractivity contribution in [3.8, 4) is 33.5 Å². The van der Waals surface area contributed by atoms with Crippen LogP contribution in [0.15, 0.2) is 67.1 Å². The summed E-state index contributed by atoms with van der Waals surface area (Å²) in [5.74, 6) is 2.43. The predicted octanol–water partition coefficient (Wildman–Crippen LogP) is 7.08. The van der Waals surface area contributed by atoms with E-state index in [2.05, 4.69) is 79.9 Å². The van der Waals surface area contributed by atoms with E-state index < -0.39 is 0 Å². The number of imidazole rings is 2. The topological polar surface area (TPSA) is 69.4 Å². The van der Waals surface area contributed by atoms with Gasteiger partial charge < -0.3 is 15.3 Å². The molecule has 0 amide bonds. The third-order valence-corrected chi connectivity index (χ3v) is 8.76. The van der Waals surface area contributed by atoms with Crippen molar-refractivity contribution < 1.29 is 0 Å². The molecule has 0 radical (unpaired) electrons. The molecule has 5 aromatic rings. The normalized spacial score (nSPS) is 22.5. The number of benzene rings is 3. The molecule has 2 aliphatic carbocycles. The first-order valence-electron chi connectivity index (χ1n) is 13.3. The number of aromatic amines is 2. The van der Waals surface area contributed by atoms with Gasteiger partial charge in [0.25, 0.3) is 0 Å². The molecule has 8 rings (SSSR count). The first kappa shape index (κ1) is 20.5. The lowest BCUT2D eigenvalue weighted by molar-refractivity contribution is 0.613. The first-order valence-corrected chi connectivity index (χ1v) is 13.3. The van der Waals surface area contributed by atoms with E-state index in [4.69, 9.17) is 0 Å². The summed E-state index contributed by atoms with van der Waals surface area (Å²) in [6.45, 7) is 1.08. The molecule has 3 aliphatic rings. The SMILES string of the molecule is c1nc2ccc(-c3ccc(-c4ccc(-c5cnc(C6CCCN6)[nH]5)cc4)c4c3C3CCC4C3)cc2[nH]1. The second-order valence-corrected chi connectivity index (χ2v) is 10.7. The van der Waals surface area contributed by atoms with Crippen molar-refractivity contribution in [2.24, 2.45) is 0 Å². The van der Waals surface area contributed by atoms with Crippen LogP contribution in [0.3, 0.4) is 0 Å². The van der Waals surface area contributed by atoms with Gasteiger partial charge >= 0.3 is 0 Å². The standard InChI is InChI=1S/C31H29N5/c1-2-26(32-13-1)31-33-16-28(36-31)19-5-3-18(4-6-19)23-10-11-24(30-22-8-7-21(14-22)29(23)30)20-9-12-25-27(15-20)35-17-34-25/h3-6,9-12,15-17,21-22,26,32H,1-2,7-8,13-14H2,(H,33,36)(H,34,35). The van der Waals surface area contributed by atoms with Crippen molar-refractivity contribution in [2.75, 3.05) is 6.54 Å². The highest BCUT2D eigenvalue weighted by molar-refractivity contribution is 5.86. The highest BCUT2D eigenvalue weighted by Crippen LogP contribution is 2.58. The predicted molar refractivity (Wildman–Crippen MR) is 144 cm³/mol. The highest BCUT2D eigenvalue weighted by Gasteiger charge is 2.40. The van der Waals surface area contributed by atoms with Crippen molar-refractivity contribution in [3.63, 3.8) is 0 Å². The van der Waals surface area contributed by atoms with Gasteiger partial charge in [-0.15, -0.1) is 0 Å². The Hall–Kier alpha value is -3.70. The molecule has 2 fully saturated rings. The molecule has 3 aromatic carbocycles. The minimum Gasteiger partial charge on any atom is -0.345 e. The zero-order chi connectivity index (χ0) is 23.6.